The molecule has 0 heterocycles. The molecule has 0 aliphatic carbocycles. The summed E-state index contributed by atoms with van der Waals surface area (Å²) in [6.45, 7) is 0. The van der Waals surface area contributed by atoms with E-state index in [1.807, 2.05) is 0 Å². The molecule has 0 aromatic heterocycles. The Labute approximate surface area is 64.4 Å². The molecule has 5 heteroatoms. The lowest BCUT2D eigenvalue weighted by Crippen LogP contribution is -2.17. The molecule has 0 saturated carbocycles. The van der Waals surface area contributed by atoms with E-state index in [0.717, 1.165) is 0 Å². The van der Waals surface area contributed by atoms with Gasteiger partial charge in [0.25, 0.3) is 0 Å². The van der Waals surface area contributed by atoms with E-state index in [-0.39, 0.29) is 12.1 Å². The summed E-state index contributed by atoms with van der Waals surface area (Å²) >= 11 is 3.85. The van der Waals surface area contributed by atoms with Crippen molar-refractivity contribution in [2.24, 2.45) is 0 Å². The summed E-state index contributed by atoms with van der Waals surface area (Å²) in [5, 5.41) is 2.48. The molecule has 10 heavy (non-hydrogen) atoms. The molecule has 0 rings (SSSR count). The van der Waals surface area contributed by atoms with Crippen LogP contribution in [-0.4, -0.2) is 24.9 Å². The normalized spacial score (nSPS) is 6.60. The van der Waals surface area contributed by atoms with E-state index in [9.17, 15) is 4.79 Å². The van der Waals surface area contributed by atoms with Crippen LogP contribution in [-0.2, 0) is 14.4 Å². The maximum Gasteiger partial charge on any atom is 0.373 e. The standard InChI is InChI=1S/C4H9NOS.CO2/c1-5-4(6)2-3-7;2-1-3/h7H,2-3H2,1H3,(H,5,6);. The lowest BCUT2D eigenvalue weighted by Gasteiger charge is -1.90. The van der Waals surface area contributed by atoms with Gasteiger partial charge >= 0.3 is 6.15 Å². The number of amides is 1. The van der Waals surface area contributed by atoms with Gasteiger partial charge in [0.15, 0.2) is 0 Å². The third-order valence-corrected chi connectivity index (χ3v) is 0.841. The van der Waals surface area contributed by atoms with Gasteiger partial charge in [-0.05, 0) is 5.75 Å². The van der Waals surface area contributed by atoms with Gasteiger partial charge in [0.05, 0.1) is 0 Å². The van der Waals surface area contributed by atoms with Crippen LogP contribution >= 0.6 is 12.6 Å². The van der Waals surface area contributed by atoms with Crippen LogP contribution in [0.3, 0.4) is 0 Å². The summed E-state index contributed by atoms with van der Waals surface area (Å²) in [5.74, 6) is 0.676. The van der Waals surface area contributed by atoms with Crippen molar-refractivity contribution in [2.75, 3.05) is 12.8 Å². The highest BCUT2D eigenvalue weighted by molar-refractivity contribution is 7.80. The minimum absolute atomic E-state index is 0.0509. The minimum Gasteiger partial charge on any atom is -0.359 e. The zero-order chi connectivity index (χ0) is 8.41. The summed E-state index contributed by atoms with van der Waals surface area (Å²) in [6.07, 6.45) is 0.764. The third-order valence-electron chi connectivity index (χ3n) is 0.618. The van der Waals surface area contributed by atoms with Gasteiger partial charge in [-0.15, -0.1) is 0 Å². The highest BCUT2D eigenvalue weighted by Gasteiger charge is 1.90. The highest BCUT2D eigenvalue weighted by Crippen LogP contribution is 1.80. The second-order valence-corrected chi connectivity index (χ2v) is 1.68. The van der Waals surface area contributed by atoms with E-state index in [4.69, 9.17) is 9.59 Å². The summed E-state index contributed by atoms with van der Waals surface area (Å²) in [5.41, 5.74) is 0. The summed E-state index contributed by atoms with van der Waals surface area (Å²) in [4.78, 5) is 26.5. The fourth-order valence-electron chi connectivity index (χ4n) is 0.227. The molecule has 0 aliphatic rings. The van der Waals surface area contributed by atoms with Gasteiger partial charge in [0.1, 0.15) is 0 Å². The molecular weight excluding hydrogens is 154 g/mol. The summed E-state index contributed by atoms with van der Waals surface area (Å²) < 4.78 is 0. The molecule has 0 spiro atoms. The molecule has 4 nitrogen and oxygen atoms in total. The SMILES string of the molecule is CNC(=O)CCS.O=C=O. The fourth-order valence-corrected chi connectivity index (χ4v) is 0.430. The molecular formula is C5H9NO3S. The lowest BCUT2D eigenvalue weighted by molar-refractivity contribution is -0.191. The van der Waals surface area contributed by atoms with Crippen molar-refractivity contribution in [2.45, 2.75) is 6.42 Å². The van der Waals surface area contributed by atoms with Gasteiger partial charge in [-0.3, -0.25) is 4.79 Å². The van der Waals surface area contributed by atoms with Gasteiger partial charge in [-0.25, -0.2) is 0 Å². The van der Waals surface area contributed by atoms with E-state index in [2.05, 4.69) is 17.9 Å². The first kappa shape index (κ1) is 11.9. The largest absolute Gasteiger partial charge is 0.373 e. The predicted molar refractivity (Wildman–Crippen MR) is 37.5 cm³/mol. The maximum atomic E-state index is 10.3. The first-order chi connectivity index (χ1) is 4.72. The zero-order valence-corrected chi connectivity index (χ0v) is 6.48. The molecule has 1 N–H and O–H groups in total. The molecule has 0 fully saturated rings. The molecule has 0 unspecified atom stereocenters. The van der Waals surface area contributed by atoms with Crippen molar-refractivity contribution in [3.63, 3.8) is 0 Å². The monoisotopic (exact) mass is 163 g/mol. The second-order valence-electron chi connectivity index (χ2n) is 1.23. The van der Waals surface area contributed by atoms with Gasteiger partial charge in [-0.2, -0.15) is 22.2 Å². The minimum atomic E-state index is 0.0509. The van der Waals surface area contributed by atoms with Crippen LogP contribution in [0, 0.1) is 0 Å². The average molecular weight is 163 g/mol. The van der Waals surface area contributed by atoms with Crippen LogP contribution in [0.1, 0.15) is 6.42 Å². The fraction of sp³-hybridized carbons (Fsp3) is 0.600. The first-order valence-electron chi connectivity index (χ1n) is 2.53. The Bertz CT molecular complexity index is 120. The Morgan fingerprint density at radius 3 is 2.10 bits per heavy atom. The zero-order valence-electron chi connectivity index (χ0n) is 5.59. The Morgan fingerprint density at radius 1 is 1.60 bits per heavy atom. The van der Waals surface area contributed by atoms with Gasteiger partial charge in [0.2, 0.25) is 5.91 Å². The van der Waals surface area contributed by atoms with Crippen LogP contribution in [0.15, 0.2) is 0 Å². The predicted octanol–water partition coefficient (Wildman–Crippen LogP) is -0.531. The van der Waals surface area contributed by atoms with Crippen LogP contribution in [0.25, 0.3) is 0 Å². The van der Waals surface area contributed by atoms with Crippen molar-refractivity contribution in [1.82, 2.24) is 5.32 Å². The lowest BCUT2D eigenvalue weighted by atomic mass is 10.5. The Balaban J connectivity index is 0. The van der Waals surface area contributed by atoms with E-state index >= 15 is 0 Å². The van der Waals surface area contributed by atoms with E-state index in [1.165, 1.54) is 0 Å². The molecule has 1 amide bonds. The second kappa shape index (κ2) is 11.1. The van der Waals surface area contributed by atoms with Crippen molar-refractivity contribution >= 4 is 24.7 Å². The number of hydrogen-bond acceptors (Lipinski definition) is 4. The number of carbonyl (C=O) groups is 1. The smallest absolute Gasteiger partial charge is 0.359 e. The van der Waals surface area contributed by atoms with Crippen LogP contribution in [0.2, 0.25) is 0 Å². The number of carbonyl (C=O) groups excluding carboxylic acids is 3. The average Bonchev–Trinajstić information content (AvgIpc) is 1.90. The van der Waals surface area contributed by atoms with Crippen LogP contribution < -0.4 is 5.32 Å². The van der Waals surface area contributed by atoms with Crippen LogP contribution in [0.5, 0.6) is 0 Å². The quantitative estimate of drug-likeness (QED) is 0.538. The molecule has 0 atom stereocenters. The van der Waals surface area contributed by atoms with Crippen LogP contribution in [0.4, 0.5) is 0 Å². The number of thiol groups is 1. The molecule has 0 saturated heterocycles. The molecule has 0 aliphatic heterocycles. The van der Waals surface area contributed by atoms with E-state index < -0.39 is 0 Å². The van der Waals surface area contributed by atoms with Crippen molar-refractivity contribution < 1.29 is 14.4 Å². The molecule has 0 radical (unpaired) electrons. The van der Waals surface area contributed by atoms with E-state index in [1.54, 1.807) is 7.05 Å². The topological polar surface area (TPSA) is 63.2 Å². The van der Waals surface area contributed by atoms with Gasteiger partial charge in [0, 0.05) is 13.5 Å². The van der Waals surface area contributed by atoms with Crippen molar-refractivity contribution in [3.05, 3.63) is 0 Å². The summed E-state index contributed by atoms with van der Waals surface area (Å²) in [6, 6.07) is 0. The number of hydrogen-bond donors (Lipinski definition) is 2. The Morgan fingerprint density at radius 2 is 2.00 bits per heavy atom. The highest BCUT2D eigenvalue weighted by atomic mass is 32.1. The molecule has 0 aromatic rings. The number of nitrogens with one attached hydrogen (secondary N) is 1. The third kappa shape index (κ3) is 15.7. The molecule has 0 bridgehead atoms. The Kier molecular flexibility index (Phi) is 13.2. The molecule has 58 valence electrons. The van der Waals surface area contributed by atoms with Gasteiger partial charge in [-0.1, -0.05) is 0 Å². The van der Waals surface area contributed by atoms with E-state index in [0.29, 0.717) is 12.2 Å². The Hall–Kier alpha value is -0.800. The molecule has 0 aromatic carbocycles. The van der Waals surface area contributed by atoms with Crippen molar-refractivity contribution in [3.8, 4) is 0 Å². The maximum absolute atomic E-state index is 10.3. The summed E-state index contributed by atoms with van der Waals surface area (Å²) in [7, 11) is 1.62. The van der Waals surface area contributed by atoms with Gasteiger partial charge < -0.3 is 5.32 Å². The number of rotatable bonds is 2. The first-order valence-corrected chi connectivity index (χ1v) is 3.16. The van der Waals surface area contributed by atoms with Crippen molar-refractivity contribution in [1.29, 1.82) is 0 Å².